The molecule has 0 saturated carbocycles. The number of ketones is 3. The van der Waals surface area contributed by atoms with Gasteiger partial charge in [0, 0.05) is 125 Å². The lowest BCUT2D eigenvalue weighted by atomic mass is 9.79. The number of aliphatic imine (C=N–C) groups is 2. The van der Waals surface area contributed by atoms with Crippen LogP contribution in [0.15, 0.2) is 192 Å². The van der Waals surface area contributed by atoms with Gasteiger partial charge in [0.15, 0.2) is 50.9 Å². The molecular weight excluding hydrogens is 2030 g/mol. The highest BCUT2D eigenvalue weighted by atomic mass is 79.9. The normalized spacial score (nSPS) is 23.4. The lowest BCUT2D eigenvalue weighted by molar-refractivity contribution is -0.198. The quantitative estimate of drug-likeness (QED) is 0.0233. The highest BCUT2D eigenvalue weighted by Gasteiger charge is 2.52. The predicted molar refractivity (Wildman–Crippen MR) is 591 cm³/mol. The van der Waals surface area contributed by atoms with Crippen molar-refractivity contribution in [2.45, 2.75) is 283 Å². The Morgan fingerprint density at radius 2 is 0.870 bits per heavy atom. The van der Waals surface area contributed by atoms with Crippen molar-refractivity contribution >= 4 is 113 Å². The molecule has 0 amide bonds. The fourth-order valence-electron chi connectivity index (χ4n) is 19.2. The molecule has 146 heavy (non-hydrogen) atoms. The minimum absolute atomic E-state index is 0. The average molecular weight is 2180 g/mol. The number of hydrogen-bond acceptors (Lipinski definition) is 24. The van der Waals surface area contributed by atoms with Crippen LogP contribution in [0.25, 0.3) is 47.9 Å². The number of fused-ring (bicyclic) bond motifs is 5. The molecule has 10 unspecified atom stereocenters. The summed E-state index contributed by atoms with van der Waals surface area (Å²) in [5.41, 5.74) is 18.1. The Hall–Kier alpha value is -10.6. The summed E-state index contributed by atoms with van der Waals surface area (Å²) in [6, 6.07) is 53.6. The van der Waals surface area contributed by atoms with Crippen LogP contribution in [0.2, 0.25) is 39.3 Å². The predicted octanol–water partition coefficient (Wildman–Crippen LogP) is 27.4. The number of rotatable bonds is 11. The van der Waals surface area contributed by atoms with Crippen molar-refractivity contribution in [1.82, 2.24) is 10.5 Å². The molecule has 0 bridgehead atoms. The number of Topliss-reactive ketones (excluding diaryl/α,β-unsaturated/α-hetero) is 3. The number of phenolic OH excluding ortho intramolecular Hbond substituents is 1. The molecule has 5 N–H and O–H groups in total. The number of phenols is 1. The second-order valence-corrected chi connectivity index (χ2v) is 53.5. The highest BCUT2D eigenvalue weighted by Crippen LogP contribution is 2.52. The summed E-state index contributed by atoms with van der Waals surface area (Å²) in [5.74, 6) is 4.91. The number of nitrogens with zero attached hydrogens (tertiary/aromatic N) is 9. The van der Waals surface area contributed by atoms with E-state index in [-0.39, 0.29) is 87.9 Å². The molecule has 5 fully saturated rings. The molecular formula is C114H146Br2ClN11O16Si2. The standard InChI is InChI=1S/C25H28N4O3.C24H23N3O2.C23H23NO3.C16H19BrO3.C8H7BrO2.C8H16O2.C7H18N2Si2.C2H6.CH5NO.ClH/c1-24(2)14-18(10-11-30-24)22-15-25(28-23(26)29(4)32-25)20-13-17(8-9-21(20)31-22)16-6-5-7-19(12-16)27-3;1-24(2)14-18(9-10-28-24)23-13-21(27-15-25)20-12-17(7-8-22(20)29-23)16-5-4-6-19(11-16)26-3;1-23(2)14-17(9-10-26-23)22-13-20(25)19-12-16(7-8-21(19)27-22)15-5-4-6-18(11-15)24-3;1-16(2)9-10(5-6-19-16)15-8-13(18)12-7-11(17)3-4-14(12)20-15;1-5(10)7-4-6(9)2-3-8(7)11;1-8(2)6-7(9-3)4-5-10-8;1-10(2,3)8-7-9-11(4,5)6;1-2;1-2-3;/h5-9,12-13,18,22H,10-11,14-15H2,1-2,4H3,(H2,26,28);4-8,11-12,18,23H,9-10,13-14H2,1-2H3;4-8,11-12,17,22H,9-10,13-14H2,1-2H3;3-4,7,10,15H,5-6,8-9H2,1-2H3;2-4,11H,1H3;7H,4-6H2,1-3H3;1-6H3;1-2H3;2-3H,1H3;1H. The van der Waals surface area contributed by atoms with Crippen LogP contribution in [0, 0.1) is 54.8 Å². The molecule has 10 atom stereocenters. The Morgan fingerprint density at radius 1 is 0.514 bits per heavy atom. The molecule has 0 aliphatic carbocycles. The Labute approximate surface area is 888 Å². The zero-order valence-electron chi connectivity index (χ0n) is 88.6. The van der Waals surface area contributed by atoms with Gasteiger partial charge in [-0.25, -0.2) is 34.9 Å². The Bertz CT molecular complexity index is 6130. The Morgan fingerprint density at radius 3 is 1.25 bits per heavy atom. The maximum atomic E-state index is 12.8. The van der Waals surface area contributed by atoms with Gasteiger partial charge in [-0.3, -0.25) is 23.7 Å². The van der Waals surface area contributed by atoms with Gasteiger partial charge in [-0.1, -0.05) is 119 Å². The molecule has 5 saturated heterocycles. The average Bonchev–Trinajstić information content (AvgIpc) is 1.71. The summed E-state index contributed by atoms with van der Waals surface area (Å²) in [6.45, 7) is 65.1. The molecule has 10 aliphatic heterocycles. The number of hydrogen-bond donors (Lipinski definition) is 4. The van der Waals surface area contributed by atoms with Gasteiger partial charge in [-0.2, -0.15) is 10.3 Å². The molecule has 27 nitrogen and oxygen atoms in total. The number of guanidine groups is 1. The van der Waals surface area contributed by atoms with E-state index in [0.29, 0.717) is 101 Å². The molecule has 18 rings (SSSR count). The highest BCUT2D eigenvalue weighted by molar-refractivity contribution is 9.10. The second kappa shape index (κ2) is 53.0. The number of nitrogens with two attached hydrogens (primary N) is 1. The van der Waals surface area contributed by atoms with E-state index in [2.05, 4.69) is 181 Å². The first-order valence-corrected chi connectivity index (χ1v) is 58.4. The topological polar surface area (TPSA) is 321 Å². The number of hydroxylamine groups is 3. The monoisotopic (exact) mass is 2170 g/mol. The molecule has 10 heterocycles. The van der Waals surface area contributed by atoms with Crippen molar-refractivity contribution in [1.29, 1.82) is 5.26 Å². The van der Waals surface area contributed by atoms with Gasteiger partial charge in [0.25, 0.3) is 0 Å². The first kappa shape index (κ1) is 119. The van der Waals surface area contributed by atoms with Crippen LogP contribution in [0.3, 0.4) is 0 Å². The molecule has 0 aromatic heterocycles. The van der Waals surface area contributed by atoms with Crippen LogP contribution in [0.5, 0.6) is 28.7 Å². The smallest absolute Gasteiger partial charge is 0.221 e. The van der Waals surface area contributed by atoms with E-state index in [9.17, 15) is 19.6 Å². The van der Waals surface area contributed by atoms with E-state index in [0.717, 1.165) is 174 Å². The molecule has 782 valence electrons. The van der Waals surface area contributed by atoms with Crippen LogP contribution in [-0.2, 0) is 39.0 Å². The number of methoxy groups -OCH3 is 1. The van der Waals surface area contributed by atoms with Gasteiger partial charge in [0.2, 0.25) is 17.9 Å². The summed E-state index contributed by atoms with van der Waals surface area (Å²) in [4.78, 5) is 61.8. The van der Waals surface area contributed by atoms with Gasteiger partial charge < -0.3 is 63.4 Å². The van der Waals surface area contributed by atoms with Gasteiger partial charge in [0.1, 0.15) is 53.2 Å². The van der Waals surface area contributed by atoms with E-state index in [4.69, 9.17) is 93.0 Å². The second-order valence-electron chi connectivity index (χ2n) is 42.6. The molecule has 0 radical (unpaired) electrons. The largest absolute Gasteiger partial charge is 0.507 e. The number of carbonyl (C=O) groups is 3. The first-order valence-electron chi connectivity index (χ1n) is 49.9. The maximum Gasteiger partial charge on any atom is 0.221 e. The Kier molecular flexibility index (Phi) is 43.2. The van der Waals surface area contributed by atoms with Crippen LogP contribution in [0.4, 0.5) is 17.1 Å². The number of nitrogens with one attached hydrogen (secondary N) is 1. The fraction of sp³-hybridized carbons (Fsp3) is 0.491. The van der Waals surface area contributed by atoms with E-state index in [1.165, 1.54) is 25.1 Å². The van der Waals surface area contributed by atoms with Gasteiger partial charge in [-0.05, 0) is 298 Å². The fourth-order valence-corrected chi connectivity index (χ4v) is 20.7. The van der Waals surface area contributed by atoms with Crippen molar-refractivity contribution in [2.24, 2.45) is 48.7 Å². The van der Waals surface area contributed by atoms with Crippen LogP contribution in [-0.4, -0.2) is 180 Å². The molecule has 32 heteroatoms. The summed E-state index contributed by atoms with van der Waals surface area (Å²) in [7, 11) is 2.35. The minimum atomic E-state index is -1.31. The van der Waals surface area contributed by atoms with Crippen molar-refractivity contribution in [3.63, 3.8) is 0 Å². The molecule has 8 aromatic rings. The first-order chi connectivity index (χ1) is 68.5. The molecule has 1 spiro atoms. The van der Waals surface area contributed by atoms with Crippen molar-refractivity contribution in [3.8, 4) is 68.3 Å². The minimum Gasteiger partial charge on any atom is -0.507 e. The maximum absolute atomic E-state index is 12.8. The van der Waals surface area contributed by atoms with Crippen molar-refractivity contribution in [3.05, 3.63) is 235 Å². The van der Waals surface area contributed by atoms with Crippen molar-refractivity contribution in [2.75, 3.05) is 54.2 Å². The van der Waals surface area contributed by atoms with E-state index < -0.39 is 22.2 Å². The zero-order chi connectivity index (χ0) is 106. The lowest BCUT2D eigenvalue weighted by Crippen LogP contribution is -2.46. The van der Waals surface area contributed by atoms with Gasteiger partial charge >= 0.3 is 0 Å². The summed E-state index contributed by atoms with van der Waals surface area (Å²) < 4.78 is 69.7. The lowest BCUT2D eigenvalue weighted by Gasteiger charge is -2.44. The number of aromatic hydroxyl groups is 1. The number of nitriles is 1. The number of benzene rings is 8. The van der Waals surface area contributed by atoms with Crippen LogP contribution in [0.1, 0.15) is 222 Å². The van der Waals surface area contributed by atoms with Gasteiger partial charge in [-0.15, -0.1) is 12.4 Å². The summed E-state index contributed by atoms with van der Waals surface area (Å²) >= 11 is 6.60. The molecule has 8 aromatic carbocycles. The zero-order valence-corrected chi connectivity index (χ0v) is 94.6. The third-order valence-corrected chi connectivity index (χ3v) is 28.7. The third-order valence-electron chi connectivity index (χ3n) is 26.1. The number of ether oxygens (including phenoxy) is 10. The number of halogens is 3. The van der Waals surface area contributed by atoms with E-state index in [1.54, 1.807) is 50.0 Å². The summed E-state index contributed by atoms with van der Waals surface area (Å²) in [5, 5.41) is 27.3. The molecule has 10 aliphatic rings. The van der Waals surface area contributed by atoms with Crippen molar-refractivity contribution < 1.29 is 76.9 Å². The van der Waals surface area contributed by atoms with E-state index in [1.807, 2.05) is 141 Å². The van der Waals surface area contributed by atoms with Gasteiger partial charge in [0.05, 0.1) is 87.8 Å². The SMILES string of the molecule is CC.CC(=O)c1cc(Br)ccc1O.CC1(C)CC(C2CC(=O)c3cc(Br)ccc3O2)CCO1.CNO.COC1CCOC(C)(C)C1.C[Si](C)(C)N=C=N[Si](C)(C)C.Cl.[C-]#[N+]c1cccc(-c2ccc3c(c2)C(=NC#N)CC(C2CCOC(C)(C)C2)O3)c1.[C-]#[N+]c1cccc(-c2ccc3c(c2)C(=O)CC(C2CCOC(C)(C)C2)O3)c1.[C-]#[N+]c1cccc(-c2ccc3c(c2)C2(CC(C4CCOC(C)(C)C4)O3)N=C(N)N(C)O2)c1. The Balaban J connectivity index is 0.000000195. The third kappa shape index (κ3) is 34.5. The number of carbonyl (C=O) groups excluding carboxylic acids is 3. The van der Waals surface area contributed by atoms with E-state index >= 15 is 0 Å². The van der Waals surface area contributed by atoms with Crippen LogP contribution < -0.4 is 30.2 Å². The van der Waals surface area contributed by atoms with Crippen LogP contribution >= 0.6 is 44.3 Å². The summed E-state index contributed by atoms with van der Waals surface area (Å²) in [6.07, 6.45) is 13.8.